The Balaban J connectivity index is 1.52. The molecule has 2 unspecified atom stereocenters. The Kier molecular flexibility index (Phi) is 3.33. The second-order valence-corrected chi connectivity index (χ2v) is 5.95. The van der Waals surface area contributed by atoms with E-state index >= 15 is 0 Å². The number of carbonyl (C=O) groups excluding carboxylic acids is 1. The first-order valence-electron chi connectivity index (χ1n) is 7.87. The first kappa shape index (κ1) is 13.4. The average Bonchev–Trinajstić information content (AvgIpc) is 3.24. The third-order valence-electron chi connectivity index (χ3n) is 4.61. The molecule has 0 saturated carbocycles. The molecule has 0 aliphatic carbocycles. The molecule has 1 aromatic heterocycles. The Morgan fingerprint density at radius 1 is 1.27 bits per heavy atom. The van der Waals surface area contributed by atoms with Crippen LogP contribution in [-0.4, -0.2) is 33.7 Å². The van der Waals surface area contributed by atoms with Crippen LogP contribution in [0.4, 0.5) is 0 Å². The number of nitrogens with zero attached hydrogens (tertiary/aromatic N) is 2. The summed E-state index contributed by atoms with van der Waals surface area (Å²) in [5, 5.41) is 7.01. The quantitative estimate of drug-likeness (QED) is 0.926. The molecule has 1 N–H and O–H groups in total. The number of para-hydroxylation sites is 1. The van der Waals surface area contributed by atoms with E-state index in [0.717, 1.165) is 43.7 Å². The highest BCUT2D eigenvalue weighted by Gasteiger charge is 2.36. The van der Waals surface area contributed by atoms with Crippen LogP contribution >= 0.6 is 0 Å². The Morgan fingerprint density at radius 2 is 2.18 bits per heavy atom. The summed E-state index contributed by atoms with van der Waals surface area (Å²) >= 11 is 0. The summed E-state index contributed by atoms with van der Waals surface area (Å²) in [7, 11) is 0. The molecule has 2 aromatic rings. The van der Waals surface area contributed by atoms with E-state index in [-0.39, 0.29) is 18.1 Å². The van der Waals surface area contributed by atoms with Gasteiger partial charge in [-0.3, -0.25) is 9.89 Å². The zero-order valence-electron chi connectivity index (χ0n) is 12.4. The molecule has 1 saturated heterocycles. The highest BCUT2D eigenvalue weighted by Crippen LogP contribution is 2.34. The fourth-order valence-electron chi connectivity index (χ4n) is 3.49. The van der Waals surface area contributed by atoms with Gasteiger partial charge in [0.2, 0.25) is 0 Å². The van der Waals surface area contributed by atoms with Gasteiger partial charge in [-0.2, -0.15) is 5.10 Å². The highest BCUT2D eigenvalue weighted by atomic mass is 16.5. The van der Waals surface area contributed by atoms with Crippen molar-refractivity contribution >= 4 is 5.91 Å². The van der Waals surface area contributed by atoms with Crippen LogP contribution in [0.5, 0.6) is 5.75 Å². The Bertz CT molecular complexity index is 668. The fourth-order valence-corrected chi connectivity index (χ4v) is 3.49. The number of benzene rings is 1. The van der Waals surface area contributed by atoms with Crippen molar-refractivity contribution in [2.45, 2.75) is 37.8 Å². The lowest BCUT2D eigenvalue weighted by molar-refractivity contribution is -0.140. The molecule has 2 atom stereocenters. The number of H-pyrrole nitrogens is 1. The molecule has 5 heteroatoms. The Hall–Kier alpha value is -2.30. The number of hydrogen-bond donors (Lipinski definition) is 1. The number of carbonyl (C=O) groups is 1. The fraction of sp³-hybridized carbons (Fsp3) is 0.412. The summed E-state index contributed by atoms with van der Waals surface area (Å²) in [5.41, 5.74) is 2.21. The first-order chi connectivity index (χ1) is 10.8. The van der Waals surface area contributed by atoms with Crippen LogP contribution in [0.15, 0.2) is 36.5 Å². The zero-order chi connectivity index (χ0) is 14.9. The Morgan fingerprint density at radius 3 is 3.05 bits per heavy atom. The van der Waals surface area contributed by atoms with Crippen LogP contribution in [0, 0.1) is 0 Å². The van der Waals surface area contributed by atoms with E-state index in [9.17, 15) is 4.79 Å². The number of likely N-dealkylation sites (tertiary alicyclic amines) is 1. The monoisotopic (exact) mass is 297 g/mol. The van der Waals surface area contributed by atoms with Gasteiger partial charge in [0.15, 0.2) is 6.10 Å². The normalized spacial score (nSPS) is 23.9. The molecule has 22 heavy (non-hydrogen) atoms. The molecular formula is C17H19N3O2. The van der Waals surface area contributed by atoms with Crippen molar-refractivity contribution in [2.24, 2.45) is 0 Å². The predicted octanol–water partition coefficient (Wildman–Crippen LogP) is 2.47. The topological polar surface area (TPSA) is 58.2 Å². The third kappa shape index (κ3) is 2.26. The molecule has 1 aromatic carbocycles. The summed E-state index contributed by atoms with van der Waals surface area (Å²) < 4.78 is 5.95. The summed E-state index contributed by atoms with van der Waals surface area (Å²) in [6.07, 6.45) is 5.04. The minimum atomic E-state index is -0.363. The first-order valence-corrected chi connectivity index (χ1v) is 7.87. The van der Waals surface area contributed by atoms with Crippen molar-refractivity contribution < 1.29 is 9.53 Å². The van der Waals surface area contributed by atoms with Crippen molar-refractivity contribution in [1.82, 2.24) is 15.1 Å². The average molecular weight is 297 g/mol. The van der Waals surface area contributed by atoms with Crippen molar-refractivity contribution in [3.63, 3.8) is 0 Å². The number of amides is 1. The van der Waals surface area contributed by atoms with Crippen LogP contribution in [0.2, 0.25) is 0 Å². The molecule has 0 spiro atoms. The molecule has 0 radical (unpaired) electrons. The van der Waals surface area contributed by atoms with Crippen molar-refractivity contribution in [1.29, 1.82) is 0 Å². The largest absolute Gasteiger partial charge is 0.480 e. The number of fused-ring (bicyclic) bond motifs is 1. The number of nitrogens with one attached hydrogen (secondary N) is 1. The van der Waals surface area contributed by atoms with E-state index in [1.165, 1.54) is 5.56 Å². The molecule has 4 rings (SSSR count). The molecule has 5 nitrogen and oxygen atoms in total. The summed E-state index contributed by atoms with van der Waals surface area (Å²) in [4.78, 5) is 14.8. The van der Waals surface area contributed by atoms with Gasteiger partial charge in [0.25, 0.3) is 5.91 Å². The van der Waals surface area contributed by atoms with E-state index in [2.05, 4.69) is 16.3 Å². The number of aromatic nitrogens is 2. The summed E-state index contributed by atoms with van der Waals surface area (Å²) in [6.45, 7) is 0.796. The van der Waals surface area contributed by atoms with Gasteiger partial charge in [0, 0.05) is 12.7 Å². The lowest BCUT2D eigenvalue weighted by Gasteiger charge is -2.31. The standard InChI is InChI=1S/C17H19N3O2/c21-17(16-8-7-12-4-1-2-6-15(12)22-16)20-11-3-5-14(20)13-9-10-18-19-13/h1-2,4,6,9-10,14,16H,3,5,7-8,11H2,(H,18,19). The van der Waals surface area contributed by atoms with Gasteiger partial charge in [0.1, 0.15) is 5.75 Å². The maximum atomic E-state index is 12.9. The maximum Gasteiger partial charge on any atom is 0.264 e. The number of ether oxygens (including phenoxy) is 1. The number of rotatable bonds is 2. The van der Waals surface area contributed by atoms with Gasteiger partial charge < -0.3 is 9.64 Å². The van der Waals surface area contributed by atoms with Crippen LogP contribution < -0.4 is 4.74 Å². The lowest BCUT2D eigenvalue weighted by Crippen LogP contribution is -2.43. The SMILES string of the molecule is O=C(C1CCc2ccccc2O1)N1CCCC1c1ccn[nH]1. The van der Waals surface area contributed by atoms with Crippen molar-refractivity contribution in [3.05, 3.63) is 47.8 Å². The third-order valence-corrected chi connectivity index (χ3v) is 4.61. The van der Waals surface area contributed by atoms with E-state index in [0.29, 0.717) is 0 Å². The second-order valence-electron chi connectivity index (χ2n) is 5.95. The van der Waals surface area contributed by atoms with E-state index in [1.54, 1.807) is 6.20 Å². The van der Waals surface area contributed by atoms with E-state index in [4.69, 9.17) is 4.74 Å². The van der Waals surface area contributed by atoms with Gasteiger partial charge >= 0.3 is 0 Å². The molecule has 2 aliphatic rings. The molecule has 1 amide bonds. The number of aromatic amines is 1. The molecule has 114 valence electrons. The van der Waals surface area contributed by atoms with E-state index in [1.807, 2.05) is 29.2 Å². The van der Waals surface area contributed by atoms with E-state index < -0.39 is 0 Å². The lowest BCUT2D eigenvalue weighted by atomic mass is 10.0. The van der Waals surface area contributed by atoms with Crippen molar-refractivity contribution in [3.8, 4) is 5.75 Å². The molecule has 3 heterocycles. The van der Waals surface area contributed by atoms with Gasteiger partial charge in [-0.15, -0.1) is 0 Å². The van der Waals surface area contributed by atoms with Gasteiger partial charge in [-0.25, -0.2) is 0 Å². The van der Waals surface area contributed by atoms with Crippen LogP contribution in [0.3, 0.4) is 0 Å². The molecule has 1 fully saturated rings. The highest BCUT2D eigenvalue weighted by molar-refractivity contribution is 5.82. The van der Waals surface area contributed by atoms with Gasteiger partial charge in [-0.05, 0) is 43.4 Å². The van der Waals surface area contributed by atoms with Crippen LogP contribution in [-0.2, 0) is 11.2 Å². The molecular weight excluding hydrogens is 278 g/mol. The summed E-state index contributed by atoms with van der Waals surface area (Å²) in [6, 6.07) is 10.0. The minimum absolute atomic E-state index is 0.103. The minimum Gasteiger partial charge on any atom is -0.480 e. The van der Waals surface area contributed by atoms with Crippen molar-refractivity contribution in [2.75, 3.05) is 6.54 Å². The smallest absolute Gasteiger partial charge is 0.264 e. The molecule has 0 bridgehead atoms. The summed E-state index contributed by atoms with van der Waals surface area (Å²) in [5.74, 6) is 0.955. The van der Waals surface area contributed by atoms with Gasteiger partial charge in [0.05, 0.1) is 11.7 Å². The van der Waals surface area contributed by atoms with Crippen LogP contribution in [0.1, 0.15) is 36.6 Å². The maximum absolute atomic E-state index is 12.9. The van der Waals surface area contributed by atoms with Gasteiger partial charge in [-0.1, -0.05) is 18.2 Å². The predicted molar refractivity (Wildman–Crippen MR) is 81.5 cm³/mol. The zero-order valence-corrected chi connectivity index (χ0v) is 12.4. The molecule has 2 aliphatic heterocycles. The number of aryl methyl sites for hydroxylation is 1. The Labute approximate surface area is 129 Å². The van der Waals surface area contributed by atoms with Crippen LogP contribution in [0.25, 0.3) is 0 Å². The number of hydrogen-bond acceptors (Lipinski definition) is 3. The second kappa shape index (κ2) is 5.48.